The summed E-state index contributed by atoms with van der Waals surface area (Å²) < 4.78 is 11.3. The molecule has 35 heavy (non-hydrogen) atoms. The second kappa shape index (κ2) is 11.7. The molecule has 2 heterocycles. The van der Waals surface area contributed by atoms with E-state index in [1.165, 1.54) is 0 Å². The molecule has 0 aromatic heterocycles. The van der Waals surface area contributed by atoms with E-state index in [1.807, 2.05) is 24.3 Å². The van der Waals surface area contributed by atoms with Crippen LogP contribution in [-0.4, -0.2) is 72.6 Å². The van der Waals surface area contributed by atoms with Crippen molar-refractivity contribution in [2.45, 2.75) is 25.8 Å². The van der Waals surface area contributed by atoms with Crippen molar-refractivity contribution < 1.29 is 24.2 Å². The number of hydrogen-bond donors (Lipinski definition) is 1. The summed E-state index contributed by atoms with van der Waals surface area (Å²) in [5, 5.41) is 11.7. The van der Waals surface area contributed by atoms with Crippen molar-refractivity contribution in [2.24, 2.45) is 0 Å². The summed E-state index contributed by atoms with van der Waals surface area (Å²) >= 11 is 6.01. The molecular formula is C27H31ClN2O5. The van der Waals surface area contributed by atoms with Gasteiger partial charge in [0, 0.05) is 36.8 Å². The van der Waals surface area contributed by atoms with Gasteiger partial charge in [0.1, 0.15) is 11.5 Å². The van der Waals surface area contributed by atoms with Crippen molar-refractivity contribution in [3.8, 4) is 5.75 Å². The molecule has 0 aliphatic carbocycles. The minimum Gasteiger partial charge on any atom is -0.507 e. The Hall–Kier alpha value is -2.87. The van der Waals surface area contributed by atoms with Crippen LogP contribution in [0.25, 0.3) is 5.76 Å². The van der Waals surface area contributed by atoms with Crippen molar-refractivity contribution in [2.75, 3.05) is 46.0 Å². The van der Waals surface area contributed by atoms with E-state index in [-0.39, 0.29) is 11.3 Å². The predicted molar refractivity (Wildman–Crippen MR) is 135 cm³/mol. The maximum absolute atomic E-state index is 13.2. The van der Waals surface area contributed by atoms with E-state index in [4.69, 9.17) is 21.1 Å². The highest BCUT2D eigenvalue weighted by molar-refractivity contribution is 6.46. The van der Waals surface area contributed by atoms with Crippen molar-refractivity contribution >= 4 is 29.1 Å². The summed E-state index contributed by atoms with van der Waals surface area (Å²) in [4.78, 5) is 30.2. The number of ether oxygens (including phenoxy) is 2. The van der Waals surface area contributed by atoms with Crippen LogP contribution in [0.3, 0.4) is 0 Å². The number of carbonyl (C=O) groups excluding carboxylic acids is 2. The highest BCUT2D eigenvalue weighted by Gasteiger charge is 2.46. The lowest BCUT2D eigenvalue weighted by atomic mass is 9.95. The summed E-state index contributed by atoms with van der Waals surface area (Å²) in [5.41, 5.74) is 1.22. The monoisotopic (exact) mass is 498 g/mol. The lowest BCUT2D eigenvalue weighted by Crippen LogP contribution is -2.42. The average Bonchev–Trinajstić information content (AvgIpc) is 3.13. The minimum absolute atomic E-state index is 0.0741. The predicted octanol–water partition coefficient (Wildman–Crippen LogP) is 4.27. The van der Waals surface area contributed by atoms with Crippen LogP contribution in [0.2, 0.25) is 5.02 Å². The van der Waals surface area contributed by atoms with Gasteiger partial charge in [-0.2, -0.15) is 0 Å². The van der Waals surface area contributed by atoms with E-state index in [1.54, 1.807) is 29.2 Å². The van der Waals surface area contributed by atoms with Gasteiger partial charge in [-0.15, -0.1) is 0 Å². The Morgan fingerprint density at radius 3 is 2.57 bits per heavy atom. The Bertz CT molecular complexity index is 1080. The van der Waals surface area contributed by atoms with Crippen LogP contribution >= 0.6 is 11.6 Å². The fourth-order valence-corrected chi connectivity index (χ4v) is 4.53. The lowest BCUT2D eigenvalue weighted by Gasteiger charge is -2.31. The van der Waals surface area contributed by atoms with E-state index >= 15 is 0 Å². The van der Waals surface area contributed by atoms with E-state index in [2.05, 4.69) is 11.8 Å². The Morgan fingerprint density at radius 1 is 1.11 bits per heavy atom. The van der Waals surface area contributed by atoms with Crippen molar-refractivity contribution in [1.82, 2.24) is 9.80 Å². The number of ketones is 1. The number of likely N-dealkylation sites (tertiary alicyclic amines) is 1. The first-order valence-electron chi connectivity index (χ1n) is 12.1. The number of carbonyl (C=O) groups is 2. The quantitative estimate of drug-likeness (QED) is 0.241. The van der Waals surface area contributed by atoms with Crippen LogP contribution in [0.15, 0.2) is 54.1 Å². The van der Waals surface area contributed by atoms with Crippen LogP contribution in [0.4, 0.5) is 0 Å². The molecular weight excluding hydrogens is 468 g/mol. The van der Waals surface area contributed by atoms with Crippen LogP contribution < -0.4 is 4.74 Å². The molecule has 186 valence electrons. The van der Waals surface area contributed by atoms with E-state index in [0.29, 0.717) is 49.2 Å². The van der Waals surface area contributed by atoms with Gasteiger partial charge in [-0.25, -0.2) is 0 Å². The largest absolute Gasteiger partial charge is 0.507 e. The van der Waals surface area contributed by atoms with Gasteiger partial charge in [0.2, 0.25) is 0 Å². The molecule has 2 aromatic carbocycles. The first-order valence-corrected chi connectivity index (χ1v) is 12.4. The van der Waals surface area contributed by atoms with Crippen molar-refractivity contribution in [1.29, 1.82) is 0 Å². The zero-order valence-corrected chi connectivity index (χ0v) is 20.7. The number of hydrogen-bond acceptors (Lipinski definition) is 6. The maximum Gasteiger partial charge on any atom is 0.295 e. The average molecular weight is 499 g/mol. The third-order valence-electron chi connectivity index (χ3n) is 6.36. The van der Waals surface area contributed by atoms with E-state index < -0.39 is 17.7 Å². The van der Waals surface area contributed by atoms with Gasteiger partial charge in [0.05, 0.1) is 31.4 Å². The number of morpholine rings is 1. The number of nitrogens with zero attached hydrogens (tertiary/aromatic N) is 2. The van der Waals surface area contributed by atoms with Crippen LogP contribution in [0, 0.1) is 0 Å². The third kappa shape index (κ3) is 5.86. The molecule has 1 unspecified atom stereocenters. The molecule has 2 aliphatic rings. The molecule has 2 aromatic rings. The molecule has 1 atom stereocenters. The fraction of sp³-hybridized carbons (Fsp3) is 0.407. The van der Waals surface area contributed by atoms with Gasteiger partial charge < -0.3 is 19.5 Å². The Labute approximate surface area is 210 Å². The number of aliphatic hydroxyl groups excluding tert-OH is 1. The van der Waals surface area contributed by atoms with E-state index in [9.17, 15) is 14.7 Å². The molecule has 4 rings (SSSR count). The third-order valence-corrected chi connectivity index (χ3v) is 6.61. The van der Waals surface area contributed by atoms with Gasteiger partial charge >= 0.3 is 0 Å². The van der Waals surface area contributed by atoms with Gasteiger partial charge in [0.15, 0.2) is 0 Å². The Morgan fingerprint density at radius 2 is 1.86 bits per heavy atom. The molecule has 8 heteroatoms. The Balaban J connectivity index is 1.71. The number of aliphatic hydroxyl groups is 1. The van der Waals surface area contributed by atoms with Gasteiger partial charge in [-0.1, -0.05) is 37.1 Å². The number of unbranched alkanes of at least 4 members (excludes halogenated alkanes) is 1. The zero-order valence-electron chi connectivity index (χ0n) is 19.9. The summed E-state index contributed by atoms with van der Waals surface area (Å²) in [6, 6.07) is 13.3. The Kier molecular flexibility index (Phi) is 8.44. The number of Topliss-reactive ketones (excluding diaryl/α,β-unsaturated/α-hetero) is 1. The standard InChI is InChI=1S/C27H31ClN2O5/c1-2-3-15-35-22-6-4-5-20(18-22)24-23(25(31)19-7-9-21(28)10-8-19)26(32)27(33)30(24)12-11-29-13-16-34-17-14-29/h4-10,18,24,31H,2-3,11-17H2,1H3/b25-23+. The number of halogens is 1. The molecule has 0 spiro atoms. The smallest absolute Gasteiger partial charge is 0.295 e. The van der Waals surface area contributed by atoms with Gasteiger partial charge in [-0.05, 0) is 48.4 Å². The first kappa shape index (κ1) is 25.2. The number of rotatable bonds is 9. The summed E-state index contributed by atoms with van der Waals surface area (Å²) in [6.07, 6.45) is 1.95. The molecule has 0 bridgehead atoms. The number of benzene rings is 2. The normalized spacial score (nSPS) is 20.4. The van der Waals surface area contributed by atoms with Crippen LogP contribution in [0.5, 0.6) is 5.75 Å². The summed E-state index contributed by atoms with van der Waals surface area (Å²) in [6.45, 7) is 6.50. The zero-order chi connectivity index (χ0) is 24.8. The van der Waals surface area contributed by atoms with Crippen LogP contribution in [-0.2, 0) is 14.3 Å². The molecule has 2 saturated heterocycles. The molecule has 0 saturated carbocycles. The molecule has 1 N–H and O–H groups in total. The second-order valence-electron chi connectivity index (χ2n) is 8.73. The van der Waals surface area contributed by atoms with E-state index in [0.717, 1.165) is 31.5 Å². The lowest BCUT2D eigenvalue weighted by molar-refractivity contribution is -0.140. The molecule has 1 amide bonds. The summed E-state index contributed by atoms with van der Waals surface area (Å²) in [5.74, 6) is -0.852. The minimum atomic E-state index is -0.721. The van der Waals surface area contributed by atoms with Crippen molar-refractivity contribution in [3.05, 3.63) is 70.3 Å². The maximum atomic E-state index is 13.2. The number of amides is 1. The molecule has 2 fully saturated rings. The summed E-state index contributed by atoms with van der Waals surface area (Å²) in [7, 11) is 0. The SMILES string of the molecule is CCCCOc1cccc(C2/C(=C(\O)c3ccc(Cl)cc3)C(=O)C(=O)N2CCN2CCOCC2)c1. The molecule has 7 nitrogen and oxygen atoms in total. The van der Waals surface area contributed by atoms with Crippen molar-refractivity contribution in [3.63, 3.8) is 0 Å². The van der Waals surface area contributed by atoms with Gasteiger partial charge in [0.25, 0.3) is 11.7 Å². The topological polar surface area (TPSA) is 79.3 Å². The fourth-order valence-electron chi connectivity index (χ4n) is 4.40. The highest BCUT2D eigenvalue weighted by atomic mass is 35.5. The molecule has 0 radical (unpaired) electrons. The van der Waals surface area contributed by atoms with Gasteiger partial charge in [-0.3, -0.25) is 14.5 Å². The first-order chi connectivity index (χ1) is 17.0. The highest BCUT2D eigenvalue weighted by Crippen LogP contribution is 2.40. The second-order valence-corrected chi connectivity index (χ2v) is 9.16. The van der Waals surface area contributed by atoms with Crippen LogP contribution in [0.1, 0.15) is 36.9 Å². The molecule has 2 aliphatic heterocycles.